The Balaban J connectivity index is 1.42. The summed E-state index contributed by atoms with van der Waals surface area (Å²) in [4.78, 5) is 6.57. The zero-order chi connectivity index (χ0) is 16.4. The molecule has 0 aliphatic carbocycles. The minimum absolute atomic E-state index is 0.0866. The molecule has 2 aromatic rings. The molecule has 24 heavy (non-hydrogen) atoms. The van der Waals surface area contributed by atoms with Gasteiger partial charge in [0.1, 0.15) is 11.9 Å². The number of hydrogen-bond acceptors (Lipinski definition) is 6. The van der Waals surface area contributed by atoms with Gasteiger partial charge >= 0.3 is 0 Å². The zero-order valence-corrected chi connectivity index (χ0v) is 13.9. The summed E-state index contributed by atoms with van der Waals surface area (Å²) in [6.45, 7) is 4.97. The number of fused-ring (bicyclic) bond motifs is 1. The molecule has 3 atom stereocenters. The minimum Gasteiger partial charge on any atom is -0.374 e. The van der Waals surface area contributed by atoms with Crippen molar-refractivity contribution in [1.29, 1.82) is 0 Å². The minimum atomic E-state index is 0.0866. The molecular formula is C18H23N3O3. The van der Waals surface area contributed by atoms with Crippen LogP contribution in [0.25, 0.3) is 0 Å². The maximum Gasteiger partial charge on any atom is 0.133 e. The molecule has 4 rings (SSSR count). The van der Waals surface area contributed by atoms with Crippen molar-refractivity contribution >= 4 is 0 Å². The van der Waals surface area contributed by atoms with E-state index in [0.717, 1.165) is 49.6 Å². The molecule has 2 aliphatic heterocycles. The van der Waals surface area contributed by atoms with Crippen molar-refractivity contribution in [2.45, 2.75) is 51.2 Å². The van der Waals surface area contributed by atoms with Crippen LogP contribution in [-0.4, -0.2) is 46.4 Å². The van der Waals surface area contributed by atoms with Crippen LogP contribution in [0.5, 0.6) is 0 Å². The number of hydrogen-bond donors (Lipinski definition) is 0. The number of ether oxygens (including phenoxy) is 2. The van der Waals surface area contributed by atoms with Crippen LogP contribution in [0.1, 0.15) is 29.9 Å². The van der Waals surface area contributed by atoms with E-state index in [1.54, 1.807) is 6.20 Å². The Labute approximate surface area is 141 Å². The molecule has 0 aromatic carbocycles. The van der Waals surface area contributed by atoms with E-state index in [1.807, 2.05) is 31.3 Å². The van der Waals surface area contributed by atoms with Crippen molar-refractivity contribution < 1.29 is 14.0 Å². The van der Waals surface area contributed by atoms with Gasteiger partial charge in [-0.3, -0.25) is 9.88 Å². The number of aromatic nitrogens is 2. The van der Waals surface area contributed by atoms with E-state index in [-0.39, 0.29) is 12.2 Å². The van der Waals surface area contributed by atoms with E-state index >= 15 is 0 Å². The van der Waals surface area contributed by atoms with Gasteiger partial charge in [-0.2, -0.15) is 0 Å². The van der Waals surface area contributed by atoms with E-state index in [0.29, 0.717) is 12.6 Å². The maximum atomic E-state index is 6.18. The second-order valence-corrected chi connectivity index (χ2v) is 6.61. The predicted octanol–water partition coefficient (Wildman–Crippen LogP) is 2.33. The molecule has 2 saturated heterocycles. The second-order valence-electron chi connectivity index (χ2n) is 6.61. The molecule has 2 aromatic heterocycles. The Kier molecular flexibility index (Phi) is 4.60. The lowest BCUT2D eigenvalue weighted by Gasteiger charge is -2.32. The number of likely N-dealkylation sites (tertiary alicyclic amines) is 1. The molecule has 0 unspecified atom stereocenters. The van der Waals surface area contributed by atoms with Crippen LogP contribution in [0.4, 0.5) is 0 Å². The summed E-state index contributed by atoms with van der Waals surface area (Å²) in [5, 5.41) is 4.13. The normalized spacial score (nSPS) is 27.3. The van der Waals surface area contributed by atoms with Gasteiger partial charge in [0.25, 0.3) is 0 Å². The van der Waals surface area contributed by atoms with Gasteiger partial charge in [0.05, 0.1) is 18.4 Å². The third-order valence-corrected chi connectivity index (χ3v) is 4.81. The summed E-state index contributed by atoms with van der Waals surface area (Å²) in [5.41, 5.74) is 2.07. The first kappa shape index (κ1) is 15.7. The van der Waals surface area contributed by atoms with Crippen LogP contribution in [0.2, 0.25) is 0 Å². The summed E-state index contributed by atoms with van der Waals surface area (Å²) >= 11 is 0. The second kappa shape index (κ2) is 7.01. The first-order valence-electron chi connectivity index (χ1n) is 8.58. The van der Waals surface area contributed by atoms with Crippen LogP contribution in [0.3, 0.4) is 0 Å². The lowest BCUT2D eigenvalue weighted by molar-refractivity contribution is -0.0819. The highest BCUT2D eigenvalue weighted by atomic mass is 16.5. The van der Waals surface area contributed by atoms with E-state index in [1.165, 1.54) is 0 Å². The number of pyridine rings is 1. The van der Waals surface area contributed by atoms with Crippen molar-refractivity contribution in [1.82, 2.24) is 15.0 Å². The van der Waals surface area contributed by atoms with Gasteiger partial charge in [-0.1, -0.05) is 11.2 Å². The molecule has 0 amide bonds. The van der Waals surface area contributed by atoms with Crippen LogP contribution in [-0.2, 0) is 22.6 Å². The Morgan fingerprint density at radius 2 is 2.38 bits per heavy atom. The summed E-state index contributed by atoms with van der Waals surface area (Å²) < 4.78 is 17.4. The van der Waals surface area contributed by atoms with Crippen molar-refractivity contribution in [2.24, 2.45) is 0 Å². The first-order valence-corrected chi connectivity index (χ1v) is 8.58. The van der Waals surface area contributed by atoms with Crippen LogP contribution in [0, 0.1) is 6.92 Å². The van der Waals surface area contributed by atoms with E-state index < -0.39 is 0 Å². The summed E-state index contributed by atoms with van der Waals surface area (Å²) in [6, 6.07) is 6.38. The summed E-state index contributed by atoms with van der Waals surface area (Å²) in [5.74, 6) is 0.852. The van der Waals surface area contributed by atoms with Gasteiger partial charge in [0.15, 0.2) is 0 Å². The fourth-order valence-corrected chi connectivity index (χ4v) is 3.72. The van der Waals surface area contributed by atoms with Crippen molar-refractivity contribution in [3.05, 3.63) is 47.6 Å². The zero-order valence-electron chi connectivity index (χ0n) is 13.9. The van der Waals surface area contributed by atoms with E-state index in [2.05, 4.69) is 15.0 Å². The fourth-order valence-electron chi connectivity index (χ4n) is 3.72. The molecular weight excluding hydrogens is 306 g/mol. The SMILES string of the molecule is Cc1cc(CN2C[C@@H](OCc3cccnc3)[C@H]3OCCC[C@H]32)no1. The van der Waals surface area contributed by atoms with Gasteiger partial charge in [-0.15, -0.1) is 0 Å². The van der Waals surface area contributed by atoms with Crippen LogP contribution >= 0.6 is 0 Å². The maximum absolute atomic E-state index is 6.18. The average molecular weight is 329 g/mol. The first-order chi connectivity index (χ1) is 11.8. The number of nitrogens with zero attached hydrogens (tertiary/aromatic N) is 3. The molecule has 4 heterocycles. The van der Waals surface area contributed by atoms with E-state index in [9.17, 15) is 0 Å². The summed E-state index contributed by atoms with van der Waals surface area (Å²) in [7, 11) is 0. The highest BCUT2D eigenvalue weighted by Crippen LogP contribution is 2.32. The largest absolute Gasteiger partial charge is 0.374 e. The van der Waals surface area contributed by atoms with Gasteiger partial charge in [0, 0.05) is 44.2 Å². The van der Waals surface area contributed by atoms with Crippen molar-refractivity contribution in [3.63, 3.8) is 0 Å². The molecule has 0 bridgehead atoms. The van der Waals surface area contributed by atoms with Gasteiger partial charge in [-0.05, 0) is 31.4 Å². The molecule has 6 nitrogen and oxygen atoms in total. The lowest BCUT2D eigenvalue weighted by Crippen LogP contribution is -2.41. The highest BCUT2D eigenvalue weighted by Gasteiger charge is 2.44. The summed E-state index contributed by atoms with van der Waals surface area (Å²) in [6.07, 6.45) is 6.11. The molecule has 6 heteroatoms. The Hall–Kier alpha value is -1.76. The topological polar surface area (TPSA) is 60.6 Å². The molecule has 2 aliphatic rings. The molecule has 2 fully saturated rings. The molecule has 0 spiro atoms. The van der Waals surface area contributed by atoms with Crippen molar-refractivity contribution in [2.75, 3.05) is 13.2 Å². The third kappa shape index (κ3) is 3.36. The molecule has 0 N–H and O–H groups in total. The molecule has 128 valence electrons. The number of rotatable bonds is 5. The molecule has 0 saturated carbocycles. The van der Waals surface area contributed by atoms with Gasteiger partial charge in [-0.25, -0.2) is 0 Å². The smallest absolute Gasteiger partial charge is 0.133 e. The fraction of sp³-hybridized carbons (Fsp3) is 0.556. The Morgan fingerprint density at radius 3 is 3.17 bits per heavy atom. The number of aryl methyl sites for hydroxylation is 1. The Bertz CT molecular complexity index is 661. The average Bonchev–Trinajstić information content (AvgIpc) is 3.18. The van der Waals surface area contributed by atoms with Gasteiger partial charge < -0.3 is 14.0 Å². The van der Waals surface area contributed by atoms with E-state index in [4.69, 9.17) is 14.0 Å². The van der Waals surface area contributed by atoms with Crippen LogP contribution in [0.15, 0.2) is 35.1 Å². The van der Waals surface area contributed by atoms with Crippen LogP contribution < -0.4 is 0 Å². The standard InChI is InChI=1S/C18H23N3O3/c1-13-8-15(20-24-13)10-21-11-17(18-16(21)5-3-7-22-18)23-12-14-4-2-6-19-9-14/h2,4,6,8-9,16-18H,3,5,7,10-12H2,1H3/t16-,17-,18+/m1/s1. The van der Waals surface area contributed by atoms with Gasteiger partial charge in [0.2, 0.25) is 0 Å². The third-order valence-electron chi connectivity index (χ3n) is 4.81. The highest BCUT2D eigenvalue weighted by molar-refractivity contribution is 5.08. The predicted molar refractivity (Wildman–Crippen MR) is 87.2 cm³/mol. The quantitative estimate of drug-likeness (QED) is 0.839. The van der Waals surface area contributed by atoms with Crippen molar-refractivity contribution in [3.8, 4) is 0 Å². The Morgan fingerprint density at radius 1 is 1.42 bits per heavy atom. The lowest BCUT2D eigenvalue weighted by atomic mass is 10.0. The molecule has 0 radical (unpaired) electrons. The monoisotopic (exact) mass is 329 g/mol.